The summed E-state index contributed by atoms with van der Waals surface area (Å²) in [6.45, 7) is 7.49. The van der Waals surface area contributed by atoms with Crippen LogP contribution in [0.4, 0.5) is 4.79 Å². The summed E-state index contributed by atoms with van der Waals surface area (Å²) in [4.78, 5) is 25.4. The Labute approximate surface area is 282 Å². The molecular formula is C37H47NO10. The van der Waals surface area contributed by atoms with Gasteiger partial charge in [0.05, 0.1) is 39.6 Å². The number of nitrogens with one attached hydrogen (secondary N) is 1. The fraction of sp³-hybridized carbons (Fsp3) is 0.459. The highest BCUT2D eigenvalue weighted by molar-refractivity contribution is 5.82. The van der Waals surface area contributed by atoms with E-state index in [9.17, 15) is 14.7 Å². The molecule has 1 aliphatic rings. The summed E-state index contributed by atoms with van der Waals surface area (Å²) in [7, 11) is 1.20. The minimum Gasteiger partial charge on any atom is -0.467 e. The van der Waals surface area contributed by atoms with Gasteiger partial charge < -0.3 is 43.6 Å². The molecule has 11 heteroatoms. The zero-order valence-electron chi connectivity index (χ0n) is 28.2. The Bertz CT molecular complexity index is 1390. The minimum atomic E-state index is -1.36. The average Bonchev–Trinajstić information content (AvgIpc) is 3.07. The number of carbonyl (C=O) groups excluding carboxylic acids is 2. The molecular weight excluding hydrogens is 618 g/mol. The maximum absolute atomic E-state index is 12.8. The van der Waals surface area contributed by atoms with Gasteiger partial charge in [0.25, 0.3) is 0 Å². The molecule has 4 rings (SSSR count). The van der Waals surface area contributed by atoms with Crippen LogP contribution >= 0.6 is 0 Å². The average molecular weight is 666 g/mol. The minimum absolute atomic E-state index is 0.0805. The zero-order valence-corrected chi connectivity index (χ0v) is 28.2. The number of aliphatic hydroxyl groups excluding tert-OH is 1. The first kappa shape index (κ1) is 37.0. The third kappa shape index (κ3) is 11.4. The fourth-order valence-corrected chi connectivity index (χ4v) is 5.15. The van der Waals surface area contributed by atoms with Crippen LogP contribution in [0.5, 0.6) is 0 Å². The van der Waals surface area contributed by atoms with Gasteiger partial charge in [-0.2, -0.15) is 0 Å². The summed E-state index contributed by atoms with van der Waals surface area (Å²) in [6, 6.07) is 27.6. The molecule has 1 amide bonds. The van der Waals surface area contributed by atoms with Crippen molar-refractivity contribution in [3.63, 3.8) is 0 Å². The third-order valence-corrected chi connectivity index (χ3v) is 7.52. The van der Waals surface area contributed by atoms with E-state index in [4.69, 9.17) is 33.2 Å². The monoisotopic (exact) mass is 665 g/mol. The maximum atomic E-state index is 12.8. The van der Waals surface area contributed by atoms with Gasteiger partial charge in [-0.1, -0.05) is 91.0 Å². The Morgan fingerprint density at radius 3 is 1.81 bits per heavy atom. The lowest BCUT2D eigenvalue weighted by Gasteiger charge is -2.45. The summed E-state index contributed by atoms with van der Waals surface area (Å²) in [5.74, 6) is -0.762. The van der Waals surface area contributed by atoms with Gasteiger partial charge in [0.2, 0.25) is 0 Å². The van der Waals surface area contributed by atoms with Crippen LogP contribution in [0.2, 0.25) is 0 Å². The fourth-order valence-electron chi connectivity index (χ4n) is 5.15. The molecule has 1 fully saturated rings. The van der Waals surface area contributed by atoms with Crippen LogP contribution < -0.4 is 5.32 Å². The summed E-state index contributed by atoms with van der Waals surface area (Å²) in [5, 5.41) is 14.3. The Hall–Kier alpha value is -3.84. The van der Waals surface area contributed by atoms with E-state index in [0.29, 0.717) is 6.61 Å². The molecule has 0 radical (unpaired) electrons. The number of aliphatic hydroxyl groups is 1. The molecule has 0 aliphatic carbocycles. The van der Waals surface area contributed by atoms with Crippen LogP contribution in [0.15, 0.2) is 91.0 Å². The number of amides is 1. The summed E-state index contributed by atoms with van der Waals surface area (Å²) >= 11 is 0. The zero-order chi connectivity index (χ0) is 34.5. The van der Waals surface area contributed by atoms with Gasteiger partial charge in [-0.3, -0.25) is 0 Å². The van der Waals surface area contributed by atoms with Crippen molar-refractivity contribution in [3.05, 3.63) is 108 Å². The second-order valence-electron chi connectivity index (χ2n) is 12.5. The summed E-state index contributed by atoms with van der Waals surface area (Å²) in [6.07, 6.45) is -6.96. The smallest absolute Gasteiger partial charge is 0.408 e. The van der Waals surface area contributed by atoms with E-state index in [1.807, 2.05) is 91.0 Å². The summed E-state index contributed by atoms with van der Waals surface area (Å²) < 4.78 is 41.7. The molecule has 3 aromatic rings. The Morgan fingerprint density at radius 2 is 1.31 bits per heavy atom. The number of methoxy groups -OCH3 is 1. The van der Waals surface area contributed by atoms with Crippen molar-refractivity contribution in [2.75, 3.05) is 13.7 Å². The first-order chi connectivity index (χ1) is 23.0. The van der Waals surface area contributed by atoms with Crippen molar-refractivity contribution in [3.8, 4) is 0 Å². The number of hydrogen-bond donors (Lipinski definition) is 2. The first-order valence-corrected chi connectivity index (χ1v) is 16.0. The highest BCUT2D eigenvalue weighted by atomic mass is 16.7. The van der Waals surface area contributed by atoms with Crippen LogP contribution in [0.25, 0.3) is 0 Å². The van der Waals surface area contributed by atoms with Gasteiger partial charge in [-0.15, -0.1) is 0 Å². The highest BCUT2D eigenvalue weighted by Crippen LogP contribution is 2.30. The van der Waals surface area contributed by atoms with E-state index in [0.717, 1.165) is 16.7 Å². The van der Waals surface area contributed by atoms with Gasteiger partial charge >= 0.3 is 12.1 Å². The molecule has 3 aromatic carbocycles. The number of benzene rings is 3. The molecule has 0 unspecified atom stereocenters. The molecule has 260 valence electrons. The topological polar surface area (TPSA) is 131 Å². The van der Waals surface area contributed by atoms with E-state index in [2.05, 4.69) is 5.32 Å². The first-order valence-electron chi connectivity index (χ1n) is 16.0. The lowest BCUT2D eigenvalue weighted by Crippen LogP contribution is -2.62. The Morgan fingerprint density at radius 1 is 0.812 bits per heavy atom. The van der Waals surface area contributed by atoms with Crippen LogP contribution in [0.1, 0.15) is 44.4 Å². The van der Waals surface area contributed by atoms with Crippen molar-refractivity contribution in [1.82, 2.24) is 5.32 Å². The molecule has 2 N–H and O–H groups in total. The van der Waals surface area contributed by atoms with Crippen molar-refractivity contribution >= 4 is 12.1 Å². The van der Waals surface area contributed by atoms with E-state index < -0.39 is 60.5 Å². The van der Waals surface area contributed by atoms with E-state index >= 15 is 0 Å². The largest absolute Gasteiger partial charge is 0.467 e. The van der Waals surface area contributed by atoms with Crippen molar-refractivity contribution in [2.45, 2.75) is 96.0 Å². The van der Waals surface area contributed by atoms with Gasteiger partial charge in [-0.25, -0.2) is 9.59 Å². The quantitative estimate of drug-likeness (QED) is 0.216. The van der Waals surface area contributed by atoms with Crippen LogP contribution in [0.3, 0.4) is 0 Å². The number of carbonyl (C=O) groups is 2. The van der Waals surface area contributed by atoms with E-state index in [1.54, 1.807) is 27.7 Å². The van der Waals surface area contributed by atoms with Gasteiger partial charge in [-0.05, 0) is 44.4 Å². The predicted molar refractivity (Wildman–Crippen MR) is 177 cm³/mol. The Balaban J connectivity index is 1.58. The molecule has 0 spiro atoms. The number of rotatable bonds is 15. The second kappa shape index (κ2) is 18.1. The number of hydrogen-bond acceptors (Lipinski definition) is 10. The van der Waals surface area contributed by atoms with Gasteiger partial charge in [0.15, 0.2) is 12.3 Å². The molecule has 0 bridgehead atoms. The van der Waals surface area contributed by atoms with Crippen LogP contribution in [0, 0.1) is 0 Å². The lowest BCUT2D eigenvalue weighted by atomic mass is 9.98. The van der Waals surface area contributed by atoms with Gasteiger partial charge in [0.1, 0.15) is 30.0 Å². The number of esters is 1. The van der Waals surface area contributed by atoms with Gasteiger partial charge in [0, 0.05) is 0 Å². The molecule has 1 aliphatic heterocycles. The predicted octanol–water partition coefficient (Wildman–Crippen LogP) is 4.93. The van der Waals surface area contributed by atoms with E-state index in [1.165, 1.54) is 7.11 Å². The number of alkyl carbamates (subject to hydrolysis) is 1. The molecule has 0 saturated carbocycles. The SMILES string of the molecule is COC(=O)[C@@H](NC(=O)OC(C)(C)C)[C@@H](C)O[C@@H]1O[C@H](COCc2ccccc2)[C@@H](OCc2ccccc2)[C@H](OCc2ccccc2)[C@H]1O. The molecule has 1 saturated heterocycles. The van der Waals surface area contributed by atoms with Crippen molar-refractivity contribution in [2.24, 2.45) is 0 Å². The van der Waals surface area contributed by atoms with Crippen LogP contribution in [-0.4, -0.2) is 79.3 Å². The standard InChI is InChI=1S/C37H47NO10/c1-25(30(34(40)42-5)38-36(41)48-37(2,3)4)46-35-31(39)33(45-23-28-19-13-8-14-20-28)32(44-22-27-17-11-7-12-18-27)29(47-35)24-43-21-26-15-9-6-10-16-26/h6-20,25,29-33,35,39H,21-24H2,1-5H3,(H,38,41)/t25-,29-,30+,31-,32-,33-,35-/m1/s1. The highest BCUT2D eigenvalue weighted by Gasteiger charge is 2.49. The maximum Gasteiger partial charge on any atom is 0.408 e. The lowest BCUT2D eigenvalue weighted by molar-refractivity contribution is -0.327. The molecule has 0 aromatic heterocycles. The second-order valence-corrected chi connectivity index (χ2v) is 12.5. The normalized spacial score (nSPS) is 22.3. The van der Waals surface area contributed by atoms with E-state index in [-0.39, 0.29) is 19.8 Å². The molecule has 48 heavy (non-hydrogen) atoms. The summed E-state index contributed by atoms with van der Waals surface area (Å²) in [5.41, 5.74) is 2.00. The molecule has 1 heterocycles. The van der Waals surface area contributed by atoms with Crippen molar-refractivity contribution < 1.29 is 47.9 Å². The Kier molecular flexibility index (Phi) is 13.9. The molecule has 7 atom stereocenters. The van der Waals surface area contributed by atoms with Crippen LogP contribution in [-0.2, 0) is 57.8 Å². The van der Waals surface area contributed by atoms with Crippen molar-refractivity contribution in [1.29, 1.82) is 0 Å². The molecule has 11 nitrogen and oxygen atoms in total. The number of ether oxygens (including phenoxy) is 7. The third-order valence-electron chi connectivity index (χ3n) is 7.52.